The summed E-state index contributed by atoms with van der Waals surface area (Å²) in [6, 6.07) is 5.58. The molecule has 0 radical (unpaired) electrons. The number of para-hydroxylation sites is 1. The zero-order chi connectivity index (χ0) is 18.1. The molecule has 132 valence electrons. The molecule has 1 aromatic carbocycles. The normalized spacial score (nSPS) is 21.0. The van der Waals surface area contributed by atoms with E-state index in [1.54, 1.807) is 0 Å². The molecule has 24 heavy (non-hydrogen) atoms. The van der Waals surface area contributed by atoms with Crippen LogP contribution < -0.4 is 5.32 Å². The van der Waals surface area contributed by atoms with Gasteiger partial charge >= 0.3 is 12.1 Å². The first kappa shape index (κ1) is 18.1. The highest BCUT2D eigenvalue weighted by Crippen LogP contribution is 2.37. The van der Waals surface area contributed by atoms with Crippen LogP contribution >= 0.6 is 0 Å². The molecule has 1 amide bonds. The molecule has 0 aromatic heterocycles. The molecule has 1 saturated heterocycles. The van der Waals surface area contributed by atoms with E-state index < -0.39 is 43.0 Å². The fourth-order valence-electron chi connectivity index (χ4n) is 2.96. The third kappa shape index (κ3) is 3.80. The Balaban J connectivity index is 2.04. The summed E-state index contributed by atoms with van der Waals surface area (Å²) < 4.78 is 38.8. The molecule has 2 atom stereocenters. The van der Waals surface area contributed by atoms with Gasteiger partial charge in [0.1, 0.15) is 0 Å². The lowest BCUT2D eigenvalue weighted by Gasteiger charge is -2.19. The number of halogens is 3. The number of aryl methyl sites for hydroxylation is 2. The molecule has 1 aliphatic rings. The summed E-state index contributed by atoms with van der Waals surface area (Å²) in [5.41, 5.74) is 2.59. The quantitative estimate of drug-likeness (QED) is 0.880. The van der Waals surface area contributed by atoms with Gasteiger partial charge in [-0.1, -0.05) is 18.2 Å². The van der Waals surface area contributed by atoms with Crippen LogP contribution in [0.1, 0.15) is 11.1 Å². The van der Waals surface area contributed by atoms with Crippen molar-refractivity contribution in [3.8, 4) is 0 Å². The van der Waals surface area contributed by atoms with Gasteiger partial charge in [-0.3, -0.25) is 9.59 Å². The van der Waals surface area contributed by atoms with Crippen molar-refractivity contribution in [1.29, 1.82) is 0 Å². The van der Waals surface area contributed by atoms with E-state index in [0.29, 0.717) is 0 Å². The minimum atomic E-state index is -4.64. The molecular formula is C16H19F3N2O3. The second-order valence-corrected chi connectivity index (χ2v) is 6.01. The SMILES string of the molecule is Cc1cccc(C)c1NCC(=O)N1C[C@@H](C(F)(F)F)[C@H](C(=O)O)C1. The third-order valence-electron chi connectivity index (χ3n) is 4.31. The molecule has 2 N–H and O–H groups in total. The van der Waals surface area contributed by atoms with Crippen LogP contribution in [0.3, 0.4) is 0 Å². The highest BCUT2D eigenvalue weighted by molar-refractivity contribution is 5.83. The Hall–Kier alpha value is -2.25. The topological polar surface area (TPSA) is 69.6 Å². The number of nitrogens with one attached hydrogen (secondary N) is 1. The van der Waals surface area contributed by atoms with Gasteiger partial charge < -0.3 is 15.3 Å². The van der Waals surface area contributed by atoms with Gasteiger partial charge in [-0.15, -0.1) is 0 Å². The van der Waals surface area contributed by atoms with Gasteiger partial charge in [0.15, 0.2) is 0 Å². The molecule has 1 aromatic rings. The molecule has 1 fully saturated rings. The van der Waals surface area contributed by atoms with Crippen LogP contribution in [0.15, 0.2) is 18.2 Å². The number of carboxylic acids is 1. The summed E-state index contributed by atoms with van der Waals surface area (Å²) in [5, 5.41) is 11.9. The Morgan fingerprint density at radius 1 is 1.25 bits per heavy atom. The second-order valence-electron chi connectivity index (χ2n) is 6.01. The monoisotopic (exact) mass is 344 g/mol. The summed E-state index contributed by atoms with van der Waals surface area (Å²) in [6.07, 6.45) is -4.64. The first-order valence-electron chi connectivity index (χ1n) is 7.48. The third-order valence-corrected chi connectivity index (χ3v) is 4.31. The average molecular weight is 344 g/mol. The summed E-state index contributed by atoms with van der Waals surface area (Å²) >= 11 is 0. The molecule has 0 unspecified atom stereocenters. The Bertz CT molecular complexity index is 626. The van der Waals surface area contributed by atoms with Crippen LogP contribution in [0.4, 0.5) is 18.9 Å². The number of anilines is 1. The van der Waals surface area contributed by atoms with Gasteiger partial charge in [0, 0.05) is 18.8 Å². The van der Waals surface area contributed by atoms with Gasteiger partial charge in [0.25, 0.3) is 0 Å². The van der Waals surface area contributed by atoms with E-state index in [9.17, 15) is 22.8 Å². The number of rotatable bonds is 4. The van der Waals surface area contributed by atoms with Crippen molar-refractivity contribution in [3.63, 3.8) is 0 Å². The highest BCUT2D eigenvalue weighted by atomic mass is 19.4. The number of aliphatic carboxylic acids is 1. The van der Waals surface area contributed by atoms with E-state index in [1.807, 2.05) is 32.0 Å². The number of nitrogens with zero attached hydrogens (tertiary/aromatic N) is 1. The standard InChI is InChI=1S/C16H19F3N2O3/c1-9-4-3-5-10(2)14(9)20-6-13(22)21-7-11(15(23)24)12(8-21)16(17,18)19/h3-5,11-12,20H,6-8H2,1-2H3,(H,23,24)/t11-,12-/m1/s1. The predicted molar refractivity (Wildman–Crippen MR) is 81.7 cm³/mol. The average Bonchev–Trinajstić information content (AvgIpc) is 2.92. The van der Waals surface area contributed by atoms with E-state index in [2.05, 4.69) is 5.32 Å². The summed E-state index contributed by atoms with van der Waals surface area (Å²) in [5.74, 6) is -5.72. The Morgan fingerprint density at radius 2 is 1.83 bits per heavy atom. The summed E-state index contributed by atoms with van der Waals surface area (Å²) in [6.45, 7) is 2.49. The van der Waals surface area contributed by atoms with E-state index in [1.165, 1.54) is 0 Å². The van der Waals surface area contributed by atoms with Gasteiger partial charge in [-0.2, -0.15) is 13.2 Å². The lowest BCUT2D eigenvalue weighted by molar-refractivity contribution is -0.188. The number of amides is 1. The van der Waals surface area contributed by atoms with Gasteiger partial charge in [0.05, 0.1) is 18.4 Å². The number of alkyl halides is 3. The first-order valence-corrected chi connectivity index (χ1v) is 7.48. The van der Waals surface area contributed by atoms with Crippen molar-refractivity contribution in [2.75, 3.05) is 25.0 Å². The molecule has 2 rings (SSSR count). The smallest absolute Gasteiger partial charge is 0.394 e. The Labute approximate surface area is 137 Å². The van der Waals surface area contributed by atoms with Crippen LogP contribution in [0.5, 0.6) is 0 Å². The summed E-state index contributed by atoms with van der Waals surface area (Å²) in [7, 11) is 0. The maximum Gasteiger partial charge on any atom is 0.394 e. The van der Waals surface area contributed by atoms with Crippen LogP contribution in [-0.4, -0.2) is 47.7 Å². The van der Waals surface area contributed by atoms with Gasteiger partial charge in [0.2, 0.25) is 5.91 Å². The van der Waals surface area contributed by atoms with Gasteiger partial charge in [-0.05, 0) is 25.0 Å². The molecule has 5 nitrogen and oxygen atoms in total. The molecular weight excluding hydrogens is 325 g/mol. The lowest BCUT2D eigenvalue weighted by Crippen LogP contribution is -2.35. The number of hydrogen-bond acceptors (Lipinski definition) is 3. The van der Waals surface area contributed by atoms with Crippen molar-refractivity contribution < 1.29 is 27.9 Å². The highest BCUT2D eigenvalue weighted by Gasteiger charge is 2.53. The number of likely N-dealkylation sites (tertiary alicyclic amines) is 1. The Morgan fingerprint density at radius 3 is 2.29 bits per heavy atom. The van der Waals surface area contributed by atoms with Crippen molar-refractivity contribution in [1.82, 2.24) is 4.90 Å². The van der Waals surface area contributed by atoms with E-state index in [4.69, 9.17) is 5.11 Å². The number of hydrogen-bond donors (Lipinski definition) is 2. The Kier molecular flexibility index (Phi) is 5.05. The minimum absolute atomic E-state index is 0.178. The van der Waals surface area contributed by atoms with Gasteiger partial charge in [-0.25, -0.2) is 0 Å². The van der Waals surface area contributed by atoms with Crippen molar-refractivity contribution in [3.05, 3.63) is 29.3 Å². The molecule has 0 aliphatic carbocycles. The number of carboxylic acid groups (broad SMARTS) is 1. The van der Waals surface area contributed by atoms with Crippen molar-refractivity contribution in [2.24, 2.45) is 11.8 Å². The second kappa shape index (κ2) is 6.70. The molecule has 0 saturated carbocycles. The molecule has 0 spiro atoms. The fourth-order valence-corrected chi connectivity index (χ4v) is 2.96. The van der Waals surface area contributed by atoms with Crippen LogP contribution in [0.2, 0.25) is 0 Å². The number of benzene rings is 1. The molecule has 1 heterocycles. The van der Waals surface area contributed by atoms with Crippen LogP contribution in [0, 0.1) is 25.7 Å². The van der Waals surface area contributed by atoms with E-state index >= 15 is 0 Å². The number of carbonyl (C=O) groups excluding carboxylic acids is 1. The zero-order valence-electron chi connectivity index (χ0n) is 13.4. The number of carbonyl (C=O) groups is 2. The van der Waals surface area contributed by atoms with E-state index in [0.717, 1.165) is 21.7 Å². The van der Waals surface area contributed by atoms with E-state index in [-0.39, 0.29) is 6.54 Å². The van der Waals surface area contributed by atoms with Crippen LogP contribution in [0.25, 0.3) is 0 Å². The largest absolute Gasteiger partial charge is 0.481 e. The molecule has 1 aliphatic heterocycles. The van der Waals surface area contributed by atoms with Crippen molar-refractivity contribution >= 4 is 17.6 Å². The fraction of sp³-hybridized carbons (Fsp3) is 0.500. The van der Waals surface area contributed by atoms with Crippen molar-refractivity contribution in [2.45, 2.75) is 20.0 Å². The van der Waals surface area contributed by atoms with Crippen LogP contribution in [-0.2, 0) is 9.59 Å². The molecule has 0 bridgehead atoms. The minimum Gasteiger partial charge on any atom is -0.481 e. The summed E-state index contributed by atoms with van der Waals surface area (Å²) in [4.78, 5) is 24.2. The predicted octanol–water partition coefficient (Wildman–Crippen LogP) is 2.44. The maximum atomic E-state index is 12.9. The zero-order valence-corrected chi connectivity index (χ0v) is 13.4. The lowest BCUT2D eigenvalue weighted by atomic mass is 9.96. The maximum absolute atomic E-state index is 12.9. The first-order chi connectivity index (χ1) is 11.1. The molecule has 8 heteroatoms.